The fourth-order valence-corrected chi connectivity index (χ4v) is 2.74. The normalized spacial score (nSPS) is 17.8. The van der Waals surface area contributed by atoms with Crippen LogP contribution < -0.4 is 0 Å². The Hall–Kier alpha value is -1.64. The Morgan fingerprint density at radius 1 is 1.12 bits per heavy atom. The topological polar surface area (TPSA) is 64.0 Å². The highest BCUT2D eigenvalue weighted by Crippen LogP contribution is 2.29. The van der Waals surface area contributed by atoms with E-state index in [-0.39, 0.29) is 12.3 Å². The van der Waals surface area contributed by atoms with Crippen molar-refractivity contribution in [1.82, 2.24) is 9.80 Å². The zero-order valence-electron chi connectivity index (χ0n) is 13.2. The van der Waals surface area contributed by atoms with Gasteiger partial charge >= 0.3 is 6.18 Å². The SMILES string of the molecule is O=C(CO)N1CCN(CC(O)Cc2ccc(C(F)(F)F)cc2)CC1. The first-order chi connectivity index (χ1) is 11.3. The molecule has 1 aliphatic rings. The van der Waals surface area contributed by atoms with E-state index in [1.165, 1.54) is 12.1 Å². The summed E-state index contributed by atoms with van der Waals surface area (Å²) in [5.74, 6) is -0.306. The van der Waals surface area contributed by atoms with Crippen LogP contribution in [0.5, 0.6) is 0 Å². The smallest absolute Gasteiger partial charge is 0.391 e. The number of halogens is 3. The summed E-state index contributed by atoms with van der Waals surface area (Å²) in [6.07, 6.45) is -4.78. The van der Waals surface area contributed by atoms with Crippen molar-refractivity contribution >= 4 is 5.91 Å². The molecule has 1 amide bonds. The number of amides is 1. The molecule has 0 aliphatic carbocycles. The lowest BCUT2D eigenvalue weighted by atomic mass is 10.0. The van der Waals surface area contributed by atoms with Crippen molar-refractivity contribution in [3.8, 4) is 0 Å². The summed E-state index contributed by atoms with van der Waals surface area (Å²) in [5.41, 5.74) is -0.0602. The highest BCUT2D eigenvalue weighted by atomic mass is 19.4. The number of β-amino-alcohol motifs (C(OH)–C–C–N with tert-alkyl or cyclic N) is 1. The van der Waals surface area contributed by atoms with E-state index in [4.69, 9.17) is 5.11 Å². The minimum atomic E-state index is -4.36. The van der Waals surface area contributed by atoms with Crippen molar-refractivity contribution in [2.24, 2.45) is 0 Å². The minimum absolute atomic E-state index is 0.272. The van der Waals surface area contributed by atoms with E-state index in [1.54, 1.807) is 4.90 Å². The first-order valence-corrected chi connectivity index (χ1v) is 7.75. The second-order valence-electron chi connectivity index (χ2n) is 5.89. The third kappa shape index (κ3) is 5.19. The predicted octanol–water partition coefficient (Wildman–Crippen LogP) is 0.745. The van der Waals surface area contributed by atoms with Crippen LogP contribution in [0, 0.1) is 0 Å². The average molecular weight is 346 g/mol. The maximum atomic E-state index is 12.5. The number of aliphatic hydroxyl groups excluding tert-OH is 2. The number of alkyl halides is 3. The number of piperazine rings is 1. The largest absolute Gasteiger partial charge is 0.416 e. The van der Waals surface area contributed by atoms with Crippen LogP contribution in [-0.4, -0.2) is 71.4 Å². The highest BCUT2D eigenvalue weighted by Gasteiger charge is 2.30. The first-order valence-electron chi connectivity index (χ1n) is 7.75. The maximum Gasteiger partial charge on any atom is 0.416 e. The summed E-state index contributed by atoms with van der Waals surface area (Å²) in [4.78, 5) is 14.9. The van der Waals surface area contributed by atoms with Gasteiger partial charge in [0.1, 0.15) is 6.61 Å². The van der Waals surface area contributed by atoms with E-state index in [0.29, 0.717) is 38.3 Å². The molecule has 0 aromatic heterocycles. The fourth-order valence-electron chi connectivity index (χ4n) is 2.74. The third-order valence-electron chi connectivity index (χ3n) is 4.08. The van der Waals surface area contributed by atoms with Crippen LogP contribution in [0.4, 0.5) is 13.2 Å². The van der Waals surface area contributed by atoms with E-state index in [2.05, 4.69) is 0 Å². The molecule has 1 atom stereocenters. The fraction of sp³-hybridized carbons (Fsp3) is 0.562. The van der Waals surface area contributed by atoms with Crippen LogP contribution in [0.1, 0.15) is 11.1 Å². The van der Waals surface area contributed by atoms with Gasteiger partial charge in [0.2, 0.25) is 5.91 Å². The molecule has 0 bridgehead atoms. The molecule has 0 saturated carbocycles. The minimum Gasteiger partial charge on any atom is -0.391 e. The molecule has 1 fully saturated rings. The third-order valence-corrected chi connectivity index (χ3v) is 4.08. The highest BCUT2D eigenvalue weighted by molar-refractivity contribution is 5.77. The molecule has 134 valence electrons. The van der Waals surface area contributed by atoms with E-state index in [9.17, 15) is 23.1 Å². The number of rotatable bonds is 5. The maximum absolute atomic E-state index is 12.5. The molecule has 0 spiro atoms. The lowest BCUT2D eigenvalue weighted by molar-refractivity contribution is -0.137. The van der Waals surface area contributed by atoms with Crippen LogP contribution >= 0.6 is 0 Å². The van der Waals surface area contributed by atoms with Crippen LogP contribution in [0.3, 0.4) is 0 Å². The number of hydrogen-bond donors (Lipinski definition) is 2. The average Bonchev–Trinajstić information content (AvgIpc) is 2.54. The Kier molecular flexibility index (Phi) is 6.20. The number of benzene rings is 1. The van der Waals surface area contributed by atoms with Crippen molar-refractivity contribution in [2.75, 3.05) is 39.3 Å². The van der Waals surface area contributed by atoms with Crippen LogP contribution in [0.2, 0.25) is 0 Å². The Morgan fingerprint density at radius 2 is 1.71 bits per heavy atom. The van der Waals surface area contributed by atoms with Crippen molar-refractivity contribution in [3.63, 3.8) is 0 Å². The molecule has 1 aliphatic heterocycles. The summed E-state index contributed by atoms with van der Waals surface area (Å²) in [6, 6.07) is 4.79. The predicted molar refractivity (Wildman–Crippen MR) is 81.3 cm³/mol. The van der Waals surface area contributed by atoms with E-state index >= 15 is 0 Å². The van der Waals surface area contributed by atoms with Crippen molar-refractivity contribution in [3.05, 3.63) is 35.4 Å². The lowest BCUT2D eigenvalue weighted by Crippen LogP contribution is -2.51. The number of carbonyl (C=O) groups excluding carboxylic acids is 1. The second-order valence-corrected chi connectivity index (χ2v) is 5.89. The molecule has 2 rings (SSSR count). The van der Waals surface area contributed by atoms with Crippen LogP contribution in [0.15, 0.2) is 24.3 Å². The van der Waals surface area contributed by atoms with Gasteiger partial charge in [0.25, 0.3) is 0 Å². The van der Waals surface area contributed by atoms with Crippen molar-refractivity contribution < 1.29 is 28.2 Å². The Labute approximate surface area is 138 Å². The summed E-state index contributed by atoms with van der Waals surface area (Å²) < 4.78 is 37.5. The molecule has 1 aromatic carbocycles. The van der Waals surface area contributed by atoms with Gasteiger partial charge in [-0.3, -0.25) is 9.69 Å². The lowest BCUT2D eigenvalue weighted by Gasteiger charge is -2.35. The molecule has 0 radical (unpaired) electrons. The van der Waals surface area contributed by atoms with E-state index < -0.39 is 24.5 Å². The molecule has 1 heterocycles. The zero-order valence-corrected chi connectivity index (χ0v) is 13.2. The summed E-state index contributed by atoms with van der Waals surface area (Å²) in [5, 5.41) is 18.9. The monoisotopic (exact) mass is 346 g/mol. The number of nitrogens with zero attached hydrogens (tertiary/aromatic N) is 2. The number of hydrogen-bond acceptors (Lipinski definition) is 4. The molecule has 1 saturated heterocycles. The quantitative estimate of drug-likeness (QED) is 0.826. The van der Waals surface area contributed by atoms with E-state index in [1.807, 2.05) is 4.90 Å². The Balaban J connectivity index is 1.79. The number of carbonyl (C=O) groups is 1. The Morgan fingerprint density at radius 3 is 2.21 bits per heavy atom. The number of aliphatic hydroxyl groups is 2. The van der Waals surface area contributed by atoms with Gasteiger partial charge in [0.15, 0.2) is 0 Å². The molecular weight excluding hydrogens is 325 g/mol. The molecule has 8 heteroatoms. The Bertz CT molecular complexity index is 540. The molecule has 1 aromatic rings. The molecule has 24 heavy (non-hydrogen) atoms. The molecular formula is C16H21F3N2O3. The first kappa shape index (κ1) is 18.7. The summed E-state index contributed by atoms with van der Waals surface area (Å²) >= 11 is 0. The van der Waals surface area contributed by atoms with E-state index in [0.717, 1.165) is 12.1 Å². The summed E-state index contributed by atoms with van der Waals surface area (Å²) in [6.45, 7) is 2.06. The van der Waals surface area contributed by atoms with Gasteiger partial charge in [-0.2, -0.15) is 13.2 Å². The molecule has 1 unspecified atom stereocenters. The van der Waals surface area contributed by atoms with Crippen molar-refractivity contribution in [2.45, 2.75) is 18.7 Å². The van der Waals surface area contributed by atoms with Gasteiger partial charge in [-0.05, 0) is 24.1 Å². The van der Waals surface area contributed by atoms with Gasteiger partial charge in [-0.25, -0.2) is 0 Å². The van der Waals surface area contributed by atoms with Gasteiger partial charge in [-0.15, -0.1) is 0 Å². The van der Waals surface area contributed by atoms with Gasteiger partial charge in [-0.1, -0.05) is 12.1 Å². The second kappa shape index (κ2) is 7.96. The molecule has 2 N–H and O–H groups in total. The zero-order chi connectivity index (χ0) is 17.7. The summed E-state index contributed by atoms with van der Waals surface area (Å²) in [7, 11) is 0. The van der Waals surface area contributed by atoms with Crippen molar-refractivity contribution in [1.29, 1.82) is 0 Å². The van der Waals surface area contributed by atoms with Gasteiger partial charge < -0.3 is 15.1 Å². The molecule has 5 nitrogen and oxygen atoms in total. The van der Waals surface area contributed by atoms with Gasteiger partial charge in [0, 0.05) is 32.7 Å². The van der Waals surface area contributed by atoms with Crippen LogP contribution in [0.25, 0.3) is 0 Å². The van der Waals surface area contributed by atoms with Gasteiger partial charge in [0.05, 0.1) is 11.7 Å². The van der Waals surface area contributed by atoms with Crippen LogP contribution in [-0.2, 0) is 17.4 Å². The standard InChI is InChI=1S/C16H21F3N2O3/c17-16(18,19)13-3-1-12(2-4-13)9-14(23)10-20-5-7-21(8-6-20)15(24)11-22/h1-4,14,22-23H,5-11H2.